The molecule has 1 unspecified atom stereocenters. The first kappa shape index (κ1) is 14.0. The Morgan fingerprint density at radius 2 is 2.28 bits per heavy atom. The number of nitrogens with zero attached hydrogens (tertiary/aromatic N) is 1. The summed E-state index contributed by atoms with van der Waals surface area (Å²) >= 11 is 0. The maximum absolute atomic E-state index is 11.9. The second kappa shape index (κ2) is 6.58. The van der Waals surface area contributed by atoms with Crippen LogP contribution in [-0.2, 0) is 4.79 Å². The SMILES string of the molecule is CCCC(NC(=O)c1ccncc1OC)C(=O)O. The van der Waals surface area contributed by atoms with Gasteiger partial charge in [-0.1, -0.05) is 13.3 Å². The maximum Gasteiger partial charge on any atom is 0.326 e. The standard InChI is InChI=1S/C12H16N2O4/c1-3-4-9(12(16)17)14-11(15)8-5-6-13-7-10(8)18-2/h5-7,9H,3-4H2,1-2H3,(H,14,15)(H,16,17). The van der Waals surface area contributed by atoms with E-state index in [9.17, 15) is 9.59 Å². The van der Waals surface area contributed by atoms with E-state index in [1.165, 1.54) is 25.6 Å². The molecule has 0 aliphatic rings. The Hall–Kier alpha value is -2.11. The van der Waals surface area contributed by atoms with Gasteiger partial charge in [0.25, 0.3) is 5.91 Å². The van der Waals surface area contributed by atoms with Crippen molar-refractivity contribution in [1.82, 2.24) is 10.3 Å². The van der Waals surface area contributed by atoms with Gasteiger partial charge in [0.1, 0.15) is 11.8 Å². The zero-order valence-electron chi connectivity index (χ0n) is 10.3. The highest BCUT2D eigenvalue weighted by molar-refractivity contribution is 5.98. The van der Waals surface area contributed by atoms with Crippen LogP contribution in [0.25, 0.3) is 0 Å². The summed E-state index contributed by atoms with van der Waals surface area (Å²) < 4.78 is 5.00. The van der Waals surface area contributed by atoms with Gasteiger partial charge >= 0.3 is 5.97 Å². The van der Waals surface area contributed by atoms with Crippen LogP contribution in [0.4, 0.5) is 0 Å². The fraction of sp³-hybridized carbons (Fsp3) is 0.417. The zero-order valence-corrected chi connectivity index (χ0v) is 10.3. The summed E-state index contributed by atoms with van der Waals surface area (Å²) in [5.41, 5.74) is 0.273. The number of rotatable bonds is 6. The first-order valence-electron chi connectivity index (χ1n) is 5.61. The number of ether oxygens (including phenoxy) is 1. The fourth-order valence-electron chi connectivity index (χ4n) is 1.51. The van der Waals surface area contributed by atoms with Crippen molar-refractivity contribution >= 4 is 11.9 Å². The molecule has 1 aromatic heterocycles. The van der Waals surface area contributed by atoms with E-state index >= 15 is 0 Å². The molecule has 18 heavy (non-hydrogen) atoms. The summed E-state index contributed by atoms with van der Waals surface area (Å²) in [6, 6.07) is 0.597. The summed E-state index contributed by atoms with van der Waals surface area (Å²) in [6.07, 6.45) is 3.91. The van der Waals surface area contributed by atoms with Crippen molar-refractivity contribution in [2.24, 2.45) is 0 Å². The van der Waals surface area contributed by atoms with Crippen molar-refractivity contribution in [1.29, 1.82) is 0 Å². The summed E-state index contributed by atoms with van der Waals surface area (Å²) in [5.74, 6) is -1.20. The Morgan fingerprint density at radius 1 is 1.56 bits per heavy atom. The van der Waals surface area contributed by atoms with Gasteiger partial charge in [-0.3, -0.25) is 9.78 Å². The molecule has 6 heteroatoms. The van der Waals surface area contributed by atoms with Crippen molar-refractivity contribution < 1.29 is 19.4 Å². The minimum atomic E-state index is -1.04. The molecule has 1 heterocycles. The van der Waals surface area contributed by atoms with Gasteiger partial charge in [0, 0.05) is 6.20 Å². The zero-order chi connectivity index (χ0) is 13.5. The Morgan fingerprint density at radius 3 is 2.83 bits per heavy atom. The minimum absolute atomic E-state index is 0.273. The fourth-order valence-corrected chi connectivity index (χ4v) is 1.51. The van der Waals surface area contributed by atoms with Gasteiger partial charge in [-0.2, -0.15) is 0 Å². The molecule has 6 nitrogen and oxygen atoms in total. The second-order valence-corrected chi connectivity index (χ2v) is 3.73. The van der Waals surface area contributed by atoms with Crippen LogP contribution in [0.1, 0.15) is 30.1 Å². The van der Waals surface area contributed by atoms with Gasteiger partial charge in [-0.15, -0.1) is 0 Å². The Kier molecular flexibility index (Phi) is 5.10. The van der Waals surface area contributed by atoms with Crippen molar-refractivity contribution in [2.45, 2.75) is 25.8 Å². The summed E-state index contributed by atoms with van der Waals surface area (Å²) in [6.45, 7) is 1.86. The smallest absolute Gasteiger partial charge is 0.326 e. The first-order chi connectivity index (χ1) is 8.60. The number of aromatic nitrogens is 1. The number of pyridine rings is 1. The average molecular weight is 252 g/mol. The summed E-state index contributed by atoms with van der Waals surface area (Å²) in [4.78, 5) is 26.7. The van der Waals surface area contributed by atoms with E-state index in [0.717, 1.165) is 0 Å². The molecule has 0 aromatic carbocycles. The monoisotopic (exact) mass is 252 g/mol. The number of carbonyl (C=O) groups is 2. The quantitative estimate of drug-likeness (QED) is 0.790. The molecule has 1 amide bonds. The van der Waals surface area contributed by atoms with Crippen LogP contribution in [-0.4, -0.2) is 35.1 Å². The second-order valence-electron chi connectivity index (χ2n) is 3.73. The highest BCUT2D eigenvalue weighted by Crippen LogP contribution is 2.15. The molecule has 0 aliphatic carbocycles. The Labute approximate surface area is 105 Å². The van der Waals surface area contributed by atoms with E-state index in [0.29, 0.717) is 18.6 Å². The lowest BCUT2D eigenvalue weighted by atomic mass is 10.1. The van der Waals surface area contributed by atoms with Gasteiger partial charge < -0.3 is 15.2 Å². The molecule has 0 saturated heterocycles. The lowest BCUT2D eigenvalue weighted by Crippen LogP contribution is -2.40. The third-order valence-corrected chi connectivity index (χ3v) is 2.43. The van der Waals surface area contributed by atoms with Crippen LogP contribution in [0.3, 0.4) is 0 Å². The van der Waals surface area contributed by atoms with E-state index in [4.69, 9.17) is 9.84 Å². The number of hydrogen-bond acceptors (Lipinski definition) is 4. The summed E-state index contributed by atoms with van der Waals surface area (Å²) in [7, 11) is 1.43. The number of amides is 1. The van der Waals surface area contributed by atoms with Crippen molar-refractivity contribution in [3.05, 3.63) is 24.0 Å². The number of carbonyl (C=O) groups excluding carboxylic acids is 1. The molecular weight excluding hydrogens is 236 g/mol. The predicted molar refractivity (Wildman–Crippen MR) is 64.6 cm³/mol. The molecule has 0 bridgehead atoms. The number of hydrogen-bond donors (Lipinski definition) is 2. The first-order valence-corrected chi connectivity index (χ1v) is 5.61. The van der Waals surface area contributed by atoms with Crippen molar-refractivity contribution in [3.63, 3.8) is 0 Å². The van der Waals surface area contributed by atoms with E-state index in [1.807, 2.05) is 6.92 Å². The topological polar surface area (TPSA) is 88.5 Å². The number of carboxylic acids is 1. The third-order valence-electron chi connectivity index (χ3n) is 2.43. The molecule has 1 aromatic rings. The van der Waals surface area contributed by atoms with Crippen LogP contribution in [0.2, 0.25) is 0 Å². The number of aliphatic carboxylic acids is 1. The number of carboxylic acid groups (broad SMARTS) is 1. The van der Waals surface area contributed by atoms with Crippen LogP contribution >= 0.6 is 0 Å². The van der Waals surface area contributed by atoms with Crippen LogP contribution in [0.15, 0.2) is 18.5 Å². The molecule has 0 saturated carbocycles. The van der Waals surface area contributed by atoms with E-state index < -0.39 is 17.9 Å². The summed E-state index contributed by atoms with van der Waals surface area (Å²) in [5, 5.41) is 11.4. The molecule has 1 rings (SSSR count). The molecule has 98 valence electrons. The molecule has 0 aliphatic heterocycles. The minimum Gasteiger partial charge on any atom is -0.494 e. The molecule has 0 spiro atoms. The molecule has 0 fully saturated rings. The van der Waals surface area contributed by atoms with E-state index in [-0.39, 0.29) is 5.56 Å². The van der Waals surface area contributed by atoms with Gasteiger partial charge in [-0.05, 0) is 12.5 Å². The number of methoxy groups -OCH3 is 1. The van der Waals surface area contributed by atoms with Gasteiger partial charge in [0.05, 0.1) is 18.9 Å². The average Bonchev–Trinajstić information content (AvgIpc) is 2.37. The highest BCUT2D eigenvalue weighted by Gasteiger charge is 2.21. The van der Waals surface area contributed by atoms with E-state index in [2.05, 4.69) is 10.3 Å². The maximum atomic E-state index is 11.9. The third kappa shape index (κ3) is 3.44. The largest absolute Gasteiger partial charge is 0.494 e. The molecule has 1 atom stereocenters. The van der Waals surface area contributed by atoms with Crippen LogP contribution in [0, 0.1) is 0 Å². The lowest BCUT2D eigenvalue weighted by molar-refractivity contribution is -0.139. The van der Waals surface area contributed by atoms with Crippen molar-refractivity contribution in [2.75, 3.05) is 7.11 Å². The van der Waals surface area contributed by atoms with Crippen molar-refractivity contribution in [3.8, 4) is 5.75 Å². The lowest BCUT2D eigenvalue weighted by Gasteiger charge is -2.14. The van der Waals surface area contributed by atoms with Crippen LogP contribution < -0.4 is 10.1 Å². The molecule has 0 radical (unpaired) electrons. The normalized spacial score (nSPS) is 11.7. The molecular formula is C12H16N2O4. The Bertz CT molecular complexity index is 434. The number of nitrogens with one attached hydrogen (secondary N) is 1. The molecule has 2 N–H and O–H groups in total. The predicted octanol–water partition coefficient (Wildman–Crippen LogP) is 1.07. The van der Waals surface area contributed by atoms with Gasteiger partial charge in [-0.25, -0.2) is 4.79 Å². The van der Waals surface area contributed by atoms with Crippen LogP contribution in [0.5, 0.6) is 5.75 Å². The van der Waals surface area contributed by atoms with Gasteiger partial charge in [0.2, 0.25) is 0 Å². The van der Waals surface area contributed by atoms with Gasteiger partial charge in [0.15, 0.2) is 0 Å². The highest BCUT2D eigenvalue weighted by atomic mass is 16.5. The Balaban J connectivity index is 2.83. The van der Waals surface area contributed by atoms with E-state index in [1.54, 1.807) is 0 Å².